The Morgan fingerprint density at radius 3 is 2.54 bits per heavy atom. The molecule has 1 aliphatic rings. The lowest BCUT2D eigenvalue weighted by atomic mass is 10.2. The fourth-order valence-corrected chi connectivity index (χ4v) is 2.77. The third kappa shape index (κ3) is 4.64. The van der Waals surface area contributed by atoms with Crippen molar-refractivity contribution in [1.29, 1.82) is 0 Å². The average Bonchev–Trinajstić information content (AvgIpc) is 2.62. The topological polar surface area (TPSA) is 57.2 Å². The number of anilines is 2. The SMILES string of the molecule is CC(C)CNc1cnnc(N2CCN(Cc3ccccc3)CC2)n1. The Bertz CT molecular complexity index is 622. The van der Waals surface area contributed by atoms with Gasteiger partial charge in [-0.3, -0.25) is 4.90 Å². The Morgan fingerprint density at radius 1 is 1.08 bits per heavy atom. The van der Waals surface area contributed by atoms with Crippen LogP contribution in [0.2, 0.25) is 0 Å². The molecule has 1 saturated heterocycles. The molecule has 0 unspecified atom stereocenters. The molecule has 1 aliphatic heterocycles. The first-order valence-electron chi connectivity index (χ1n) is 8.65. The van der Waals surface area contributed by atoms with Crippen LogP contribution in [-0.2, 0) is 6.54 Å². The Morgan fingerprint density at radius 2 is 1.83 bits per heavy atom. The van der Waals surface area contributed by atoms with Crippen molar-refractivity contribution in [3.63, 3.8) is 0 Å². The Balaban J connectivity index is 1.53. The molecule has 1 aromatic heterocycles. The molecular formula is C18H26N6. The lowest BCUT2D eigenvalue weighted by molar-refractivity contribution is 0.248. The fraction of sp³-hybridized carbons (Fsp3) is 0.500. The van der Waals surface area contributed by atoms with Gasteiger partial charge in [-0.1, -0.05) is 44.2 Å². The van der Waals surface area contributed by atoms with Crippen LogP contribution >= 0.6 is 0 Å². The second-order valence-corrected chi connectivity index (χ2v) is 6.67. The highest BCUT2D eigenvalue weighted by molar-refractivity contribution is 5.39. The van der Waals surface area contributed by atoms with Crippen molar-refractivity contribution in [2.24, 2.45) is 5.92 Å². The number of rotatable bonds is 6. The van der Waals surface area contributed by atoms with E-state index in [1.807, 2.05) is 0 Å². The third-order valence-corrected chi connectivity index (χ3v) is 4.14. The number of hydrogen-bond donors (Lipinski definition) is 1. The summed E-state index contributed by atoms with van der Waals surface area (Å²) >= 11 is 0. The minimum absolute atomic E-state index is 0.574. The quantitative estimate of drug-likeness (QED) is 0.879. The molecule has 0 aliphatic carbocycles. The smallest absolute Gasteiger partial charge is 0.247 e. The zero-order valence-electron chi connectivity index (χ0n) is 14.5. The van der Waals surface area contributed by atoms with Gasteiger partial charge in [0, 0.05) is 39.3 Å². The molecule has 0 bridgehead atoms. The second-order valence-electron chi connectivity index (χ2n) is 6.67. The highest BCUT2D eigenvalue weighted by atomic mass is 15.4. The first kappa shape index (κ1) is 16.6. The summed E-state index contributed by atoms with van der Waals surface area (Å²) in [6, 6.07) is 10.6. The molecule has 1 fully saturated rings. The molecule has 0 radical (unpaired) electrons. The number of nitrogens with zero attached hydrogens (tertiary/aromatic N) is 5. The van der Waals surface area contributed by atoms with Gasteiger partial charge in [0.05, 0.1) is 6.20 Å². The van der Waals surface area contributed by atoms with E-state index < -0.39 is 0 Å². The monoisotopic (exact) mass is 326 g/mol. The largest absolute Gasteiger partial charge is 0.368 e. The van der Waals surface area contributed by atoms with E-state index in [1.54, 1.807) is 6.20 Å². The molecule has 1 aromatic carbocycles. The van der Waals surface area contributed by atoms with Crippen LogP contribution in [0.4, 0.5) is 11.8 Å². The molecule has 0 atom stereocenters. The summed E-state index contributed by atoms with van der Waals surface area (Å²) in [4.78, 5) is 9.29. The normalized spacial score (nSPS) is 15.7. The maximum absolute atomic E-state index is 4.60. The zero-order chi connectivity index (χ0) is 16.8. The van der Waals surface area contributed by atoms with E-state index in [0.29, 0.717) is 5.92 Å². The Kier molecular flexibility index (Phi) is 5.59. The van der Waals surface area contributed by atoms with Crippen LogP contribution in [-0.4, -0.2) is 52.8 Å². The van der Waals surface area contributed by atoms with E-state index in [1.165, 1.54) is 5.56 Å². The lowest BCUT2D eigenvalue weighted by Gasteiger charge is -2.34. The molecule has 2 heterocycles. The standard InChI is InChI=1S/C18H26N6/c1-15(2)12-19-17-13-20-22-18(21-17)24-10-8-23(9-11-24)14-16-6-4-3-5-7-16/h3-7,13,15H,8-12,14H2,1-2H3,(H,19,21,22). The van der Waals surface area contributed by atoms with E-state index in [-0.39, 0.29) is 0 Å². The molecule has 128 valence electrons. The molecule has 0 amide bonds. The van der Waals surface area contributed by atoms with Crippen LogP contribution in [0.15, 0.2) is 36.5 Å². The summed E-state index contributed by atoms with van der Waals surface area (Å²) in [5.41, 5.74) is 1.36. The van der Waals surface area contributed by atoms with Gasteiger partial charge in [-0.05, 0) is 11.5 Å². The molecule has 1 N–H and O–H groups in total. The Hall–Kier alpha value is -2.21. The van der Waals surface area contributed by atoms with Crippen molar-refractivity contribution in [3.8, 4) is 0 Å². The van der Waals surface area contributed by atoms with Gasteiger partial charge in [-0.15, -0.1) is 5.10 Å². The minimum atomic E-state index is 0.574. The van der Waals surface area contributed by atoms with Crippen LogP contribution < -0.4 is 10.2 Å². The molecular weight excluding hydrogens is 300 g/mol. The van der Waals surface area contributed by atoms with Crippen LogP contribution in [0, 0.1) is 5.92 Å². The van der Waals surface area contributed by atoms with Crippen LogP contribution in [0.1, 0.15) is 19.4 Å². The maximum Gasteiger partial charge on any atom is 0.247 e. The molecule has 3 rings (SSSR count). The predicted octanol–water partition coefficient (Wildman–Crippen LogP) is 2.26. The number of aromatic nitrogens is 3. The zero-order valence-corrected chi connectivity index (χ0v) is 14.5. The van der Waals surface area contributed by atoms with Gasteiger partial charge in [0.25, 0.3) is 0 Å². The van der Waals surface area contributed by atoms with Crippen molar-refractivity contribution in [2.45, 2.75) is 20.4 Å². The highest BCUT2D eigenvalue weighted by Crippen LogP contribution is 2.14. The van der Waals surface area contributed by atoms with Gasteiger partial charge in [0.15, 0.2) is 5.82 Å². The van der Waals surface area contributed by atoms with Crippen molar-refractivity contribution in [3.05, 3.63) is 42.1 Å². The molecule has 6 heteroatoms. The van der Waals surface area contributed by atoms with Crippen molar-refractivity contribution < 1.29 is 0 Å². The number of hydrogen-bond acceptors (Lipinski definition) is 6. The lowest BCUT2D eigenvalue weighted by Crippen LogP contribution is -2.46. The molecule has 0 saturated carbocycles. The van der Waals surface area contributed by atoms with Gasteiger partial charge in [0.1, 0.15) is 0 Å². The number of benzene rings is 1. The van der Waals surface area contributed by atoms with Gasteiger partial charge < -0.3 is 10.2 Å². The summed E-state index contributed by atoms with van der Waals surface area (Å²) in [6.07, 6.45) is 1.69. The molecule has 24 heavy (non-hydrogen) atoms. The summed E-state index contributed by atoms with van der Waals surface area (Å²) in [5.74, 6) is 2.11. The third-order valence-electron chi connectivity index (χ3n) is 4.14. The first-order valence-corrected chi connectivity index (χ1v) is 8.65. The van der Waals surface area contributed by atoms with Gasteiger partial charge in [0.2, 0.25) is 5.95 Å². The van der Waals surface area contributed by atoms with E-state index in [9.17, 15) is 0 Å². The van der Waals surface area contributed by atoms with Crippen molar-refractivity contribution in [1.82, 2.24) is 20.1 Å². The number of piperazine rings is 1. The average molecular weight is 326 g/mol. The van der Waals surface area contributed by atoms with Gasteiger partial charge in [-0.25, -0.2) is 0 Å². The van der Waals surface area contributed by atoms with Crippen LogP contribution in [0.25, 0.3) is 0 Å². The number of nitrogens with one attached hydrogen (secondary N) is 1. The molecule has 2 aromatic rings. The van der Waals surface area contributed by atoms with Gasteiger partial charge >= 0.3 is 0 Å². The Labute approximate surface area is 143 Å². The fourth-order valence-electron chi connectivity index (χ4n) is 2.77. The second kappa shape index (κ2) is 8.06. The van der Waals surface area contributed by atoms with E-state index in [0.717, 1.165) is 51.0 Å². The molecule has 6 nitrogen and oxygen atoms in total. The van der Waals surface area contributed by atoms with Gasteiger partial charge in [-0.2, -0.15) is 10.1 Å². The van der Waals surface area contributed by atoms with Crippen molar-refractivity contribution in [2.75, 3.05) is 42.9 Å². The molecule has 0 spiro atoms. The van der Waals surface area contributed by atoms with Crippen LogP contribution in [0.5, 0.6) is 0 Å². The summed E-state index contributed by atoms with van der Waals surface area (Å²) in [7, 11) is 0. The van der Waals surface area contributed by atoms with Crippen molar-refractivity contribution >= 4 is 11.8 Å². The summed E-state index contributed by atoms with van der Waals surface area (Å²) in [5, 5.41) is 11.6. The maximum atomic E-state index is 4.60. The van der Waals surface area contributed by atoms with E-state index in [2.05, 4.69) is 74.5 Å². The summed E-state index contributed by atoms with van der Waals surface area (Å²) in [6.45, 7) is 10.1. The summed E-state index contributed by atoms with van der Waals surface area (Å²) < 4.78 is 0. The minimum Gasteiger partial charge on any atom is -0.368 e. The first-order chi connectivity index (χ1) is 11.7. The van der Waals surface area contributed by atoms with E-state index in [4.69, 9.17) is 0 Å². The highest BCUT2D eigenvalue weighted by Gasteiger charge is 2.19. The predicted molar refractivity (Wildman–Crippen MR) is 97.1 cm³/mol. The van der Waals surface area contributed by atoms with E-state index >= 15 is 0 Å². The van der Waals surface area contributed by atoms with Crippen LogP contribution in [0.3, 0.4) is 0 Å².